The van der Waals surface area contributed by atoms with E-state index in [9.17, 15) is 14.3 Å². The summed E-state index contributed by atoms with van der Waals surface area (Å²) in [5.74, 6) is -0.566. The lowest BCUT2D eigenvalue weighted by Gasteiger charge is -2.21. The third kappa shape index (κ3) is 3.94. The zero-order valence-corrected chi connectivity index (χ0v) is 18.4. The smallest absolute Gasteiger partial charge is 0.258 e. The summed E-state index contributed by atoms with van der Waals surface area (Å²) >= 11 is 1.42. The van der Waals surface area contributed by atoms with Crippen molar-refractivity contribution in [2.24, 2.45) is 0 Å². The number of thiazole rings is 1. The quantitative estimate of drug-likeness (QED) is 0.467. The second kappa shape index (κ2) is 8.30. The van der Waals surface area contributed by atoms with Gasteiger partial charge in [-0.1, -0.05) is 18.2 Å². The number of amides is 1. The number of likely N-dealkylation sites (N-methyl/N-ethyl adjacent to an activating group) is 1. The van der Waals surface area contributed by atoms with Gasteiger partial charge in [-0.3, -0.25) is 4.79 Å². The number of benzene rings is 1. The van der Waals surface area contributed by atoms with Crippen molar-refractivity contribution in [1.29, 1.82) is 0 Å². The van der Waals surface area contributed by atoms with E-state index >= 15 is 0 Å². The molecule has 2 N–H and O–H groups in total. The number of carbonyl (C=O) groups excluding carboxylic acids is 1. The Morgan fingerprint density at radius 1 is 1.12 bits per heavy atom. The van der Waals surface area contributed by atoms with Crippen molar-refractivity contribution in [3.8, 4) is 22.0 Å². The summed E-state index contributed by atoms with van der Waals surface area (Å²) in [5, 5.41) is 16.3. The number of halogens is 1. The zero-order valence-electron chi connectivity index (χ0n) is 17.6. The summed E-state index contributed by atoms with van der Waals surface area (Å²) in [6.07, 6.45) is 3.38. The van der Waals surface area contributed by atoms with Crippen molar-refractivity contribution < 1.29 is 14.3 Å². The second-order valence-electron chi connectivity index (χ2n) is 7.68. The molecule has 1 fully saturated rings. The van der Waals surface area contributed by atoms with E-state index in [1.807, 2.05) is 17.5 Å². The molecule has 5 rings (SSSR count). The first-order chi connectivity index (χ1) is 15.9. The fraction of sp³-hybridized carbons (Fsp3) is 0.174. The van der Waals surface area contributed by atoms with E-state index in [1.165, 1.54) is 34.6 Å². The number of nitrogens with zero attached hydrogens (tertiary/aromatic N) is 5. The van der Waals surface area contributed by atoms with E-state index in [0.29, 0.717) is 29.9 Å². The van der Waals surface area contributed by atoms with Gasteiger partial charge in [0.05, 0.1) is 5.69 Å². The Hall–Kier alpha value is -3.76. The van der Waals surface area contributed by atoms with Gasteiger partial charge in [0, 0.05) is 43.4 Å². The topological polar surface area (TPSA) is 104 Å². The van der Waals surface area contributed by atoms with Crippen LogP contribution in [0.3, 0.4) is 0 Å². The van der Waals surface area contributed by atoms with Crippen LogP contribution in [0, 0.1) is 5.82 Å². The average Bonchev–Trinajstić information content (AvgIpc) is 3.43. The van der Waals surface area contributed by atoms with Crippen LogP contribution in [-0.4, -0.2) is 49.4 Å². The van der Waals surface area contributed by atoms with E-state index in [2.05, 4.69) is 25.3 Å². The molecule has 8 nitrogen and oxygen atoms in total. The largest absolute Gasteiger partial charge is 0.375 e. The van der Waals surface area contributed by atoms with Gasteiger partial charge in [0.15, 0.2) is 17.2 Å². The third-order valence-electron chi connectivity index (χ3n) is 5.51. The van der Waals surface area contributed by atoms with E-state index < -0.39 is 11.4 Å². The van der Waals surface area contributed by atoms with Gasteiger partial charge < -0.3 is 15.3 Å². The molecule has 1 saturated heterocycles. The Bertz CT molecular complexity index is 1350. The van der Waals surface area contributed by atoms with Gasteiger partial charge >= 0.3 is 0 Å². The summed E-state index contributed by atoms with van der Waals surface area (Å²) in [5.41, 5.74) is 1.02. The van der Waals surface area contributed by atoms with Crippen LogP contribution in [0.4, 0.5) is 16.2 Å². The van der Waals surface area contributed by atoms with Crippen molar-refractivity contribution >= 4 is 29.0 Å². The molecule has 166 valence electrons. The van der Waals surface area contributed by atoms with Gasteiger partial charge in [-0.05, 0) is 29.8 Å². The summed E-state index contributed by atoms with van der Waals surface area (Å²) < 4.78 is 13.9. The molecule has 33 heavy (non-hydrogen) atoms. The molecule has 1 atom stereocenters. The van der Waals surface area contributed by atoms with Crippen LogP contribution in [0.2, 0.25) is 0 Å². The molecule has 4 heterocycles. The maximum atomic E-state index is 13.9. The summed E-state index contributed by atoms with van der Waals surface area (Å²) in [4.78, 5) is 31.2. The number of likely N-dealkylation sites (tertiary alicyclic amines) is 1. The minimum Gasteiger partial charge on any atom is -0.375 e. The van der Waals surface area contributed by atoms with Gasteiger partial charge in [0.25, 0.3) is 5.91 Å². The van der Waals surface area contributed by atoms with Gasteiger partial charge in [0.1, 0.15) is 10.7 Å². The molecule has 0 radical (unpaired) electrons. The minimum atomic E-state index is -1.52. The lowest BCUT2D eigenvalue weighted by Crippen LogP contribution is -2.36. The molecule has 0 bridgehead atoms. The number of hydrogen-bond acceptors (Lipinski definition) is 8. The Labute approximate surface area is 192 Å². The molecule has 0 aliphatic carbocycles. The highest BCUT2D eigenvalue weighted by Crippen LogP contribution is 2.36. The molecule has 1 aromatic carbocycles. The van der Waals surface area contributed by atoms with E-state index in [0.717, 1.165) is 10.6 Å². The number of nitrogens with one attached hydrogen (secondary N) is 1. The fourth-order valence-electron chi connectivity index (χ4n) is 3.70. The highest BCUT2D eigenvalue weighted by atomic mass is 32.1. The van der Waals surface area contributed by atoms with E-state index in [4.69, 9.17) is 0 Å². The number of aliphatic hydroxyl groups is 1. The van der Waals surface area contributed by atoms with Crippen molar-refractivity contribution in [2.45, 2.75) is 12.0 Å². The molecule has 4 aromatic rings. The van der Waals surface area contributed by atoms with Crippen LogP contribution in [0.5, 0.6) is 0 Å². The van der Waals surface area contributed by atoms with E-state index in [-0.39, 0.29) is 17.7 Å². The highest BCUT2D eigenvalue weighted by Gasteiger charge is 2.45. The van der Waals surface area contributed by atoms with Crippen LogP contribution < -0.4 is 5.32 Å². The molecule has 0 saturated carbocycles. The third-order valence-corrected chi connectivity index (χ3v) is 6.40. The maximum absolute atomic E-state index is 13.9. The van der Waals surface area contributed by atoms with Crippen molar-refractivity contribution in [1.82, 2.24) is 24.8 Å². The van der Waals surface area contributed by atoms with Gasteiger partial charge in [0.2, 0.25) is 5.95 Å². The molecule has 1 amide bonds. The molecule has 3 aromatic heterocycles. The number of rotatable bonds is 5. The number of anilines is 2. The molecule has 0 unspecified atom stereocenters. The zero-order chi connectivity index (χ0) is 23.0. The Kier molecular flexibility index (Phi) is 5.31. The average molecular weight is 463 g/mol. The predicted molar refractivity (Wildman–Crippen MR) is 122 cm³/mol. The normalized spacial score (nSPS) is 18.0. The Balaban J connectivity index is 1.42. The van der Waals surface area contributed by atoms with Gasteiger partial charge in [-0.15, -0.1) is 11.3 Å². The first kappa shape index (κ1) is 21.1. The van der Waals surface area contributed by atoms with Gasteiger partial charge in [-0.25, -0.2) is 24.3 Å². The monoisotopic (exact) mass is 462 g/mol. The number of aromatic nitrogens is 4. The standard InChI is InChI=1S/C23H19FN6O2S/c1-30-11-8-23(32,21(30)31)15-5-2-4-14(12-15)20-27-18(13-33-20)17-7-10-26-22(28-17)29-19-16(24)6-3-9-25-19/h2-7,9-10,12-13,32H,8,11H2,1H3,(H,25,26,28,29)/t23-/m1/s1. The van der Waals surface area contributed by atoms with Crippen LogP contribution in [0.1, 0.15) is 12.0 Å². The summed E-state index contributed by atoms with van der Waals surface area (Å²) in [7, 11) is 1.68. The Morgan fingerprint density at radius 3 is 2.79 bits per heavy atom. The minimum absolute atomic E-state index is 0.0375. The van der Waals surface area contributed by atoms with E-state index in [1.54, 1.807) is 31.4 Å². The second-order valence-corrected chi connectivity index (χ2v) is 8.54. The lowest BCUT2D eigenvalue weighted by atomic mass is 9.91. The molecule has 1 aliphatic heterocycles. The first-order valence-corrected chi connectivity index (χ1v) is 11.1. The Morgan fingerprint density at radius 2 is 2.00 bits per heavy atom. The van der Waals surface area contributed by atoms with Gasteiger partial charge in [-0.2, -0.15) is 0 Å². The number of pyridine rings is 1. The van der Waals surface area contributed by atoms with Crippen LogP contribution in [0.25, 0.3) is 22.0 Å². The summed E-state index contributed by atoms with van der Waals surface area (Å²) in [6.45, 7) is 0.507. The number of hydrogen-bond donors (Lipinski definition) is 2. The van der Waals surface area contributed by atoms with Crippen LogP contribution >= 0.6 is 11.3 Å². The SMILES string of the molecule is CN1CC[C@@](O)(c2cccc(-c3nc(-c4ccnc(Nc5ncccc5F)n4)cs3)c2)C1=O. The van der Waals surface area contributed by atoms with Crippen molar-refractivity contribution in [3.63, 3.8) is 0 Å². The predicted octanol–water partition coefficient (Wildman–Crippen LogP) is 3.59. The molecular formula is C23H19FN6O2S. The number of carbonyl (C=O) groups is 1. The fourth-order valence-corrected chi connectivity index (χ4v) is 4.51. The maximum Gasteiger partial charge on any atom is 0.258 e. The molecule has 0 spiro atoms. The summed E-state index contributed by atoms with van der Waals surface area (Å²) in [6, 6.07) is 11.8. The van der Waals surface area contributed by atoms with Crippen molar-refractivity contribution in [2.75, 3.05) is 18.9 Å². The first-order valence-electron chi connectivity index (χ1n) is 10.2. The van der Waals surface area contributed by atoms with Crippen molar-refractivity contribution in [3.05, 3.63) is 71.6 Å². The molecule has 1 aliphatic rings. The highest BCUT2D eigenvalue weighted by molar-refractivity contribution is 7.13. The molecular weight excluding hydrogens is 443 g/mol. The van der Waals surface area contributed by atoms with Crippen LogP contribution in [0.15, 0.2) is 60.2 Å². The van der Waals surface area contributed by atoms with Crippen LogP contribution in [-0.2, 0) is 10.4 Å². The lowest BCUT2D eigenvalue weighted by molar-refractivity contribution is -0.143. The molecule has 10 heteroatoms.